The number of unbranched alkanes of at least 4 members (excludes halogenated alkanes) is 6. The fourth-order valence-electron chi connectivity index (χ4n) is 5.61. The molecule has 226 valence electrons. The molecule has 2 aromatic rings. The molecule has 0 radical (unpaired) electrons. The smallest absolute Gasteiger partial charge is 0.317 e. The highest BCUT2D eigenvalue weighted by atomic mass is 16.2. The van der Waals surface area contributed by atoms with Crippen LogP contribution in [0.3, 0.4) is 0 Å². The molecule has 1 saturated heterocycles. The third-order valence-electron chi connectivity index (χ3n) is 8.26. The molecule has 4 amide bonds. The number of hydrogen-bond acceptors (Lipinski definition) is 3. The normalized spacial score (nSPS) is 17.2. The van der Waals surface area contributed by atoms with Crippen molar-refractivity contribution in [3.8, 4) is 11.1 Å². The maximum atomic E-state index is 13.5. The number of hydrogen-bond donors (Lipinski definition) is 1. The average molecular weight is 565 g/mol. The van der Waals surface area contributed by atoms with Crippen LogP contribution in [0.2, 0.25) is 0 Å². The van der Waals surface area contributed by atoms with Gasteiger partial charge in [-0.25, -0.2) is 4.79 Å². The van der Waals surface area contributed by atoms with Gasteiger partial charge in [0.2, 0.25) is 11.8 Å². The van der Waals surface area contributed by atoms with Crippen LogP contribution in [0.4, 0.5) is 4.79 Å². The lowest BCUT2D eigenvalue weighted by Crippen LogP contribution is -2.63. The Hall–Kier alpha value is -3.35. The lowest BCUT2D eigenvalue weighted by atomic mass is 9.96. The molecule has 3 rings (SSSR count). The topological polar surface area (TPSA) is 73.0 Å². The van der Waals surface area contributed by atoms with E-state index in [0.717, 1.165) is 54.5 Å². The standard InChI is InChI=1S/C34H50N4O3.H2/c1-6-8-10-11-12-13-22-38-26(3)32(39)36(5)31(33(38)40)24-27-17-19-29(20-18-27)30-16-14-15-28(23-30)25-37(21-9-7-2)34(41)35-4;/h14-20,23,26,31H,6-13,21-22,24-25H2,1-5H3,(H,35,41);1H/t26?,31-;/m0./s1. The molecule has 1 unspecified atom stereocenters. The first-order chi connectivity index (χ1) is 19.8. The summed E-state index contributed by atoms with van der Waals surface area (Å²) in [6.45, 7) is 8.11. The summed E-state index contributed by atoms with van der Waals surface area (Å²) in [5, 5.41) is 2.75. The van der Waals surface area contributed by atoms with Gasteiger partial charge in [-0.1, -0.05) is 94.8 Å². The minimum absolute atomic E-state index is 0. The highest BCUT2D eigenvalue weighted by molar-refractivity contribution is 5.96. The fraction of sp³-hybridized carbons (Fsp3) is 0.559. The number of amides is 4. The third-order valence-corrected chi connectivity index (χ3v) is 8.26. The zero-order chi connectivity index (χ0) is 29.8. The molecule has 7 heteroatoms. The first kappa shape index (κ1) is 32.2. The molecule has 0 aromatic heterocycles. The summed E-state index contributed by atoms with van der Waals surface area (Å²) < 4.78 is 0. The monoisotopic (exact) mass is 564 g/mol. The summed E-state index contributed by atoms with van der Waals surface area (Å²) in [5.74, 6) is 0.0624. The van der Waals surface area contributed by atoms with E-state index in [1.807, 2.05) is 17.9 Å². The van der Waals surface area contributed by atoms with Gasteiger partial charge in [0.1, 0.15) is 12.1 Å². The fourth-order valence-corrected chi connectivity index (χ4v) is 5.61. The Morgan fingerprint density at radius 1 is 0.878 bits per heavy atom. The van der Waals surface area contributed by atoms with Crippen molar-refractivity contribution in [3.05, 3.63) is 59.7 Å². The lowest BCUT2D eigenvalue weighted by molar-refractivity contribution is -0.159. The Kier molecular flexibility index (Phi) is 12.7. The molecule has 0 aliphatic carbocycles. The highest BCUT2D eigenvalue weighted by Gasteiger charge is 2.41. The summed E-state index contributed by atoms with van der Waals surface area (Å²) in [4.78, 5) is 44.2. The van der Waals surface area contributed by atoms with E-state index in [2.05, 4.69) is 61.6 Å². The predicted octanol–water partition coefficient (Wildman–Crippen LogP) is 6.50. The van der Waals surface area contributed by atoms with Crippen molar-refractivity contribution in [3.63, 3.8) is 0 Å². The van der Waals surface area contributed by atoms with Crippen molar-refractivity contribution in [2.45, 2.75) is 97.2 Å². The van der Waals surface area contributed by atoms with Gasteiger partial charge in [0, 0.05) is 41.6 Å². The molecule has 2 atom stereocenters. The van der Waals surface area contributed by atoms with Gasteiger partial charge in [-0.05, 0) is 48.1 Å². The van der Waals surface area contributed by atoms with E-state index in [0.29, 0.717) is 19.5 Å². The van der Waals surface area contributed by atoms with E-state index in [1.54, 1.807) is 23.9 Å². The Morgan fingerprint density at radius 3 is 2.24 bits per heavy atom. The number of urea groups is 1. The van der Waals surface area contributed by atoms with Gasteiger partial charge in [0.05, 0.1) is 0 Å². The van der Waals surface area contributed by atoms with E-state index in [4.69, 9.17) is 0 Å². The first-order valence-corrected chi connectivity index (χ1v) is 15.5. The van der Waals surface area contributed by atoms with E-state index >= 15 is 0 Å². The van der Waals surface area contributed by atoms with E-state index in [-0.39, 0.29) is 19.3 Å². The number of likely N-dealkylation sites (N-methyl/N-ethyl adjacent to an activating group) is 1. The SMILES string of the molecule is CCCCCCCCN1C(=O)[C@H](Cc2ccc(-c3cccc(CN(CCCC)C(=O)NC)c3)cc2)N(C)C(=O)C1C.[HH]. The Balaban J connectivity index is 0.00000616. The Labute approximate surface area is 248 Å². The molecule has 0 saturated carbocycles. The molecule has 0 spiro atoms. The van der Waals surface area contributed by atoms with E-state index in [9.17, 15) is 14.4 Å². The van der Waals surface area contributed by atoms with Gasteiger partial charge in [0.25, 0.3) is 0 Å². The number of carbonyl (C=O) groups is 3. The average Bonchev–Trinajstić information content (AvgIpc) is 2.99. The minimum atomic E-state index is -0.480. The molecule has 1 N–H and O–H groups in total. The Morgan fingerprint density at radius 2 is 1.56 bits per heavy atom. The second-order valence-corrected chi connectivity index (χ2v) is 11.4. The number of piperazine rings is 1. The van der Waals surface area contributed by atoms with Crippen LogP contribution in [-0.2, 0) is 22.6 Å². The minimum Gasteiger partial charge on any atom is -0.341 e. The Bertz CT molecular complexity index is 1140. The molecule has 1 aliphatic rings. The van der Waals surface area contributed by atoms with Gasteiger partial charge in [-0.2, -0.15) is 0 Å². The van der Waals surface area contributed by atoms with Crippen LogP contribution in [-0.4, -0.2) is 71.8 Å². The summed E-state index contributed by atoms with van der Waals surface area (Å²) in [6.07, 6.45) is 9.42. The zero-order valence-corrected chi connectivity index (χ0v) is 25.8. The number of nitrogens with one attached hydrogen (secondary N) is 1. The largest absolute Gasteiger partial charge is 0.341 e. The zero-order valence-electron chi connectivity index (χ0n) is 25.8. The molecular weight excluding hydrogens is 512 g/mol. The van der Waals surface area contributed by atoms with Crippen molar-refractivity contribution in [2.24, 2.45) is 0 Å². The highest BCUT2D eigenvalue weighted by Crippen LogP contribution is 2.25. The van der Waals surface area contributed by atoms with Gasteiger partial charge >= 0.3 is 6.03 Å². The van der Waals surface area contributed by atoms with Gasteiger partial charge in [-0.3, -0.25) is 9.59 Å². The van der Waals surface area contributed by atoms with Crippen LogP contribution < -0.4 is 5.32 Å². The lowest BCUT2D eigenvalue weighted by Gasteiger charge is -2.42. The number of carbonyl (C=O) groups excluding carboxylic acids is 3. The van der Waals surface area contributed by atoms with Gasteiger partial charge < -0.3 is 20.0 Å². The van der Waals surface area contributed by atoms with Crippen LogP contribution in [0.25, 0.3) is 11.1 Å². The van der Waals surface area contributed by atoms with E-state index in [1.165, 1.54) is 25.7 Å². The van der Waals surface area contributed by atoms with Crippen LogP contribution >= 0.6 is 0 Å². The summed E-state index contributed by atoms with van der Waals surface area (Å²) in [7, 11) is 3.42. The van der Waals surface area contributed by atoms with Crippen molar-refractivity contribution in [1.82, 2.24) is 20.0 Å². The second kappa shape index (κ2) is 16.2. The summed E-state index contributed by atoms with van der Waals surface area (Å²) >= 11 is 0. The van der Waals surface area contributed by atoms with Gasteiger partial charge in [0.15, 0.2) is 0 Å². The van der Waals surface area contributed by atoms with Crippen LogP contribution in [0.1, 0.15) is 84.7 Å². The second-order valence-electron chi connectivity index (χ2n) is 11.4. The molecule has 41 heavy (non-hydrogen) atoms. The summed E-state index contributed by atoms with van der Waals surface area (Å²) in [6, 6.07) is 15.6. The van der Waals surface area contributed by atoms with Crippen molar-refractivity contribution in [2.75, 3.05) is 27.2 Å². The number of rotatable bonds is 15. The summed E-state index contributed by atoms with van der Waals surface area (Å²) in [5.41, 5.74) is 4.27. The molecular formula is C34H52N4O3. The van der Waals surface area contributed by atoms with Gasteiger partial charge in [-0.15, -0.1) is 0 Å². The van der Waals surface area contributed by atoms with E-state index < -0.39 is 12.1 Å². The number of nitrogens with zero attached hydrogens (tertiary/aromatic N) is 3. The quantitative estimate of drug-likeness (QED) is 0.251. The molecule has 1 heterocycles. The first-order valence-electron chi connectivity index (χ1n) is 15.5. The third kappa shape index (κ3) is 8.82. The van der Waals surface area contributed by atoms with Crippen LogP contribution in [0.15, 0.2) is 48.5 Å². The molecule has 2 aromatic carbocycles. The molecule has 0 bridgehead atoms. The molecule has 1 aliphatic heterocycles. The molecule has 7 nitrogen and oxygen atoms in total. The van der Waals surface area contributed by atoms with Crippen LogP contribution in [0, 0.1) is 0 Å². The van der Waals surface area contributed by atoms with Crippen molar-refractivity contribution >= 4 is 17.8 Å². The predicted molar refractivity (Wildman–Crippen MR) is 169 cm³/mol. The van der Waals surface area contributed by atoms with Crippen molar-refractivity contribution in [1.29, 1.82) is 0 Å². The molecule has 1 fully saturated rings. The maximum absolute atomic E-state index is 13.5. The van der Waals surface area contributed by atoms with Crippen LogP contribution in [0.5, 0.6) is 0 Å². The van der Waals surface area contributed by atoms with Crippen molar-refractivity contribution < 1.29 is 15.8 Å². The number of benzene rings is 2. The maximum Gasteiger partial charge on any atom is 0.317 e.